The summed E-state index contributed by atoms with van der Waals surface area (Å²) in [7, 11) is -17.1. The maximum absolute atomic E-state index is 13.2. The zero-order chi connectivity index (χ0) is 34.1. The predicted molar refractivity (Wildman–Crippen MR) is 155 cm³/mol. The molecule has 6 atom stereocenters. The van der Waals surface area contributed by atoms with E-state index in [0.717, 1.165) is 6.33 Å². The van der Waals surface area contributed by atoms with E-state index in [1.165, 1.54) is 35.2 Å². The zero-order valence-corrected chi connectivity index (χ0v) is 26.1. The first-order valence-corrected chi connectivity index (χ1v) is 17.5. The second-order valence-corrected chi connectivity index (χ2v) is 14.1. The monoisotopic (exact) mass is 715 g/mol. The molecule has 5 rings (SSSR count). The number of esters is 1. The molecule has 250 valence electrons. The Morgan fingerprint density at radius 2 is 1.51 bits per heavy atom. The van der Waals surface area contributed by atoms with Crippen molar-refractivity contribution in [1.82, 2.24) is 19.5 Å². The quantitative estimate of drug-likeness (QED) is 0.0687. The molecule has 20 nitrogen and oxygen atoms in total. The molecule has 0 amide bonds. The molecule has 1 aliphatic heterocycles. The summed E-state index contributed by atoms with van der Waals surface area (Å²) in [6, 6.07) is 13.9. The minimum absolute atomic E-state index is 0.0183. The molecule has 1 fully saturated rings. The number of anilines is 1. The number of ether oxygens (including phenoxy) is 2. The van der Waals surface area contributed by atoms with Gasteiger partial charge in [0, 0.05) is 11.1 Å². The molecule has 0 saturated carbocycles. The van der Waals surface area contributed by atoms with Crippen LogP contribution in [-0.4, -0.2) is 80.9 Å². The minimum Gasteiger partial charge on any atom is -0.451 e. The van der Waals surface area contributed by atoms with Gasteiger partial charge in [-0.15, -0.1) is 0 Å². The number of aliphatic hydroxyl groups excluding tert-OH is 1. The van der Waals surface area contributed by atoms with Crippen molar-refractivity contribution in [3.05, 3.63) is 83.9 Å². The fourth-order valence-electron chi connectivity index (χ4n) is 4.44. The number of aromatic nitrogens is 4. The first-order chi connectivity index (χ1) is 22.0. The van der Waals surface area contributed by atoms with Crippen LogP contribution in [0, 0.1) is 0 Å². The summed E-state index contributed by atoms with van der Waals surface area (Å²) in [5.41, 5.74) is 6.72. The van der Waals surface area contributed by atoms with E-state index in [0.29, 0.717) is 5.56 Å². The Bertz CT molecular complexity index is 1940. The van der Waals surface area contributed by atoms with E-state index in [-0.39, 0.29) is 33.9 Å². The lowest BCUT2D eigenvalue weighted by molar-refractivity contribution is -0.0558. The average Bonchev–Trinajstić information content (AvgIpc) is 3.56. The number of benzene rings is 2. The Labute approximate surface area is 263 Å². The molecular formula is C24H24N5O15P3. The van der Waals surface area contributed by atoms with Crippen molar-refractivity contribution < 1.29 is 70.6 Å². The van der Waals surface area contributed by atoms with Crippen LogP contribution < -0.4 is 5.73 Å². The Hall–Kier alpha value is -3.74. The number of aliphatic hydroxyl groups is 1. The van der Waals surface area contributed by atoms with Gasteiger partial charge in [0.05, 0.1) is 18.5 Å². The maximum atomic E-state index is 13.2. The molecule has 0 spiro atoms. The summed E-state index contributed by atoms with van der Waals surface area (Å²) >= 11 is 0. The number of nitrogens with zero attached hydrogens (tertiary/aromatic N) is 4. The number of phosphoric ester groups is 1. The summed E-state index contributed by atoms with van der Waals surface area (Å²) < 4.78 is 59.4. The van der Waals surface area contributed by atoms with Crippen molar-refractivity contribution in [2.24, 2.45) is 0 Å². The fraction of sp³-hybridized carbons (Fsp3) is 0.208. The van der Waals surface area contributed by atoms with Crippen molar-refractivity contribution in [1.29, 1.82) is 0 Å². The Morgan fingerprint density at radius 1 is 0.872 bits per heavy atom. The minimum atomic E-state index is -5.82. The van der Waals surface area contributed by atoms with Crippen molar-refractivity contribution in [3.63, 3.8) is 0 Å². The van der Waals surface area contributed by atoms with Crippen LogP contribution in [0.4, 0.5) is 5.82 Å². The number of carbonyl (C=O) groups excluding carboxylic acids is 2. The second kappa shape index (κ2) is 13.4. The number of hydrogen-bond donors (Lipinski definition) is 6. The zero-order valence-electron chi connectivity index (χ0n) is 23.4. The molecule has 2 aromatic carbocycles. The highest BCUT2D eigenvalue weighted by molar-refractivity contribution is 7.66. The lowest BCUT2D eigenvalue weighted by Gasteiger charge is -2.22. The number of carbonyl (C=O) groups is 2. The van der Waals surface area contributed by atoms with Crippen LogP contribution in [0.3, 0.4) is 0 Å². The fourth-order valence-corrected chi connectivity index (χ4v) is 7.47. The Kier molecular flexibility index (Phi) is 9.87. The Balaban J connectivity index is 1.36. The molecular weight excluding hydrogens is 691 g/mol. The third kappa shape index (κ3) is 8.22. The number of rotatable bonds is 12. The van der Waals surface area contributed by atoms with Crippen LogP contribution in [-0.2, 0) is 36.3 Å². The third-order valence-electron chi connectivity index (χ3n) is 6.45. The number of ketones is 1. The number of fused-ring (bicyclic) bond motifs is 1. The molecule has 7 N–H and O–H groups in total. The number of nitrogens with two attached hydrogens (primary N) is 1. The SMILES string of the molecule is Nc1ncnc2c1ncn2C1OC(COP(=O)(O)OP(=O)(O)OP(=O)(O)O)C(O)C1OC(=O)c1ccc(C(=O)c2ccccc2)cc1. The largest absolute Gasteiger partial charge is 0.490 e. The molecule has 47 heavy (non-hydrogen) atoms. The predicted octanol–water partition coefficient (Wildman–Crippen LogP) is 1.47. The van der Waals surface area contributed by atoms with E-state index in [1.807, 2.05) is 0 Å². The van der Waals surface area contributed by atoms with Crippen LogP contribution >= 0.6 is 23.5 Å². The summed E-state index contributed by atoms with van der Waals surface area (Å²) in [6.45, 7) is -1.06. The summed E-state index contributed by atoms with van der Waals surface area (Å²) in [5.74, 6) is -1.29. The lowest BCUT2D eigenvalue weighted by Crippen LogP contribution is -2.37. The number of phosphoric acid groups is 3. The summed E-state index contributed by atoms with van der Waals surface area (Å²) in [6.07, 6.45) is -4.15. The molecule has 0 bridgehead atoms. The molecule has 3 heterocycles. The van der Waals surface area contributed by atoms with Crippen LogP contribution in [0.2, 0.25) is 0 Å². The van der Waals surface area contributed by atoms with Gasteiger partial charge in [-0.1, -0.05) is 42.5 Å². The van der Waals surface area contributed by atoms with Gasteiger partial charge < -0.3 is 39.9 Å². The highest BCUT2D eigenvalue weighted by Crippen LogP contribution is 2.66. The van der Waals surface area contributed by atoms with Crippen molar-refractivity contribution in [3.8, 4) is 0 Å². The normalized spacial score (nSPS) is 22.4. The molecule has 0 aliphatic carbocycles. The van der Waals surface area contributed by atoms with Gasteiger partial charge in [0.15, 0.2) is 29.6 Å². The van der Waals surface area contributed by atoms with Crippen molar-refractivity contribution in [2.75, 3.05) is 12.3 Å². The summed E-state index contributed by atoms with van der Waals surface area (Å²) in [5, 5.41) is 11.1. The first-order valence-electron chi connectivity index (χ1n) is 13.0. The molecule has 2 aromatic heterocycles. The topological polar surface area (TPSA) is 302 Å². The molecule has 0 radical (unpaired) electrons. The highest BCUT2D eigenvalue weighted by atomic mass is 31.3. The van der Waals surface area contributed by atoms with Crippen LogP contribution in [0.25, 0.3) is 11.2 Å². The molecule has 1 aliphatic rings. The standard InChI is InChI=1S/C24H24N5O15P3/c25-21-17-22(27-11-26-21)29(12-28-17)23-20(19(31)16(41-23)10-40-46(36,37)44-47(38,39)43-45(33,34)35)42-24(32)15-8-6-14(7-9-15)18(30)13-4-2-1-3-5-13/h1-9,11-12,16,19-20,23,31H,10H2,(H,36,37)(H,38,39)(H2,25,26,27)(H2,33,34,35). The van der Waals surface area contributed by atoms with E-state index in [1.54, 1.807) is 30.3 Å². The van der Waals surface area contributed by atoms with Crippen LogP contribution in [0.5, 0.6) is 0 Å². The summed E-state index contributed by atoms with van der Waals surface area (Å²) in [4.78, 5) is 74.6. The van der Waals surface area contributed by atoms with Gasteiger partial charge in [0.2, 0.25) is 0 Å². The van der Waals surface area contributed by atoms with Gasteiger partial charge in [0.25, 0.3) is 0 Å². The molecule has 23 heteroatoms. The Morgan fingerprint density at radius 3 is 2.17 bits per heavy atom. The van der Waals surface area contributed by atoms with Crippen LogP contribution in [0.15, 0.2) is 67.3 Å². The van der Waals surface area contributed by atoms with Gasteiger partial charge >= 0.3 is 29.4 Å². The second-order valence-electron chi connectivity index (χ2n) is 9.67. The van der Waals surface area contributed by atoms with Gasteiger partial charge in [-0.25, -0.2) is 33.4 Å². The van der Waals surface area contributed by atoms with E-state index >= 15 is 0 Å². The van der Waals surface area contributed by atoms with Gasteiger partial charge in [-0.05, 0) is 12.1 Å². The molecule has 1 saturated heterocycles. The number of nitrogen functional groups attached to an aromatic ring is 1. The van der Waals surface area contributed by atoms with E-state index in [4.69, 9.17) is 25.0 Å². The smallest absolute Gasteiger partial charge is 0.451 e. The van der Waals surface area contributed by atoms with Gasteiger partial charge in [-0.2, -0.15) is 8.62 Å². The maximum Gasteiger partial charge on any atom is 0.490 e. The number of imidazole rings is 1. The lowest BCUT2D eigenvalue weighted by atomic mass is 10.0. The highest BCUT2D eigenvalue weighted by Gasteiger charge is 2.49. The average molecular weight is 715 g/mol. The van der Waals surface area contributed by atoms with Crippen molar-refractivity contribution >= 4 is 52.2 Å². The number of hydrogen-bond acceptors (Lipinski definition) is 15. The van der Waals surface area contributed by atoms with E-state index < -0.39 is 60.6 Å². The molecule has 6 unspecified atom stereocenters. The molecule has 4 aromatic rings. The van der Waals surface area contributed by atoms with Gasteiger partial charge in [0.1, 0.15) is 24.1 Å². The van der Waals surface area contributed by atoms with Crippen LogP contribution in [0.1, 0.15) is 32.5 Å². The van der Waals surface area contributed by atoms with E-state index in [2.05, 4.69) is 28.1 Å². The van der Waals surface area contributed by atoms with Gasteiger partial charge in [-0.3, -0.25) is 13.9 Å². The third-order valence-corrected chi connectivity index (χ3v) is 10.3. The van der Waals surface area contributed by atoms with Crippen molar-refractivity contribution in [2.45, 2.75) is 24.5 Å². The first kappa shape index (κ1) is 34.6. The van der Waals surface area contributed by atoms with E-state index in [9.17, 15) is 38.2 Å².